The van der Waals surface area contributed by atoms with Gasteiger partial charge < -0.3 is 5.11 Å². The van der Waals surface area contributed by atoms with Gasteiger partial charge in [0, 0.05) is 11.0 Å². The first-order valence-electron chi connectivity index (χ1n) is 5.53. The average Bonchev–Trinajstić information content (AvgIpc) is 2.37. The number of carboxylic acid groups (broad SMARTS) is 1. The van der Waals surface area contributed by atoms with Gasteiger partial charge in [-0.05, 0) is 24.3 Å². The number of nitro benzene ring substituents is 1. The number of halogens is 2. The topological polar surface area (TPSA) is 80.4 Å². The van der Waals surface area contributed by atoms with Gasteiger partial charge in [-0.3, -0.25) is 10.1 Å². The number of nitrogens with zero attached hydrogens (tertiary/aromatic N) is 1. The number of rotatable bonds is 4. The largest absolute Gasteiger partial charge is 0.478 e. The minimum Gasteiger partial charge on any atom is -0.478 e. The molecule has 0 saturated heterocycles. The molecule has 0 heterocycles. The Morgan fingerprint density at radius 1 is 1.24 bits per heavy atom. The molecular formula is C13H7F2NO4S. The number of carbonyl (C=O) groups is 1. The molecule has 0 saturated carbocycles. The van der Waals surface area contributed by atoms with Gasteiger partial charge in [0.25, 0.3) is 5.69 Å². The molecule has 0 aliphatic rings. The van der Waals surface area contributed by atoms with Gasteiger partial charge in [0.2, 0.25) is 0 Å². The minimum atomic E-state index is -1.60. The molecule has 8 heteroatoms. The van der Waals surface area contributed by atoms with E-state index >= 15 is 0 Å². The van der Waals surface area contributed by atoms with Crippen LogP contribution in [-0.2, 0) is 0 Å². The van der Waals surface area contributed by atoms with Crippen molar-refractivity contribution in [1.82, 2.24) is 0 Å². The molecule has 0 unspecified atom stereocenters. The molecule has 0 amide bonds. The lowest BCUT2D eigenvalue weighted by Crippen LogP contribution is -2.03. The van der Waals surface area contributed by atoms with Crippen molar-refractivity contribution in [2.24, 2.45) is 0 Å². The van der Waals surface area contributed by atoms with Crippen LogP contribution in [0.15, 0.2) is 46.2 Å². The summed E-state index contributed by atoms with van der Waals surface area (Å²) in [4.78, 5) is 21.2. The van der Waals surface area contributed by atoms with Crippen LogP contribution in [0, 0.1) is 21.7 Å². The maximum Gasteiger partial charge on any atom is 0.338 e. The Balaban J connectivity index is 2.50. The Morgan fingerprint density at radius 2 is 1.95 bits per heavy atom. The number of carboxylic acids is 1. The van der Waals surface area contributed by atoms with E-state index < -0.39 is 33.8 Å². The van der Waals surface area contributed by atoms with Crippen LogP contribution in [0.25, 0.3) is 0 Å². The molecule has 108 valence electrons. The first kappa shape index (κ1) is 14.9. The molecule has 0 radical (unpaired) electrons. The molecule has 2 aromatic rings. The molecule has 2 aromatic carbocycles. The Kier molecular flexibility index (Phi) is 4.18. The van der Waals surface area contributed by atoms with Crippen molar-refractivity contribution in [1.29, 1.82) is 0 Å². The van der Waals surface area contributed by atoms with Crippen molar-refractivity contribution < 1.29 is 23.6 Å². The van der Waals surface area contributed by atoms with E-state index in [4.69, 9.17) is 5.11 Å². The highest BCUT2D eigenvalue weighted by molar-refractivity contribution is 7.99. The Morgan fingerprint density at radius 3 is 2.52 bits per heavy atom. The van der Waals surface area contributed by atoms with Crippen molar-refractivity contribution >= 4 is 23.4 Å². The Hall–Kier alpha value is -2.48. The van der Waals surface area contributed by atoms with Gasteiger partial charge in [-0.2, -0.15) is 0 Å². The predicted octanol–water partition coefficient (Wildman–Crippen LogP) is 3.72. The fourth-order valence-corrected chi connectivity index (χ4v) is 2.56. The fraction of sp³-hybridized carbons (Fsp3) is 0. The second kappa shape index (κ2) is 5.88. The summed E-state index contributed by atoms with van der Waals surface area (Å²) in [5, 5.41) is 19.7. The summed E-state index contributed by atoms with van der Waals surface area (Å²) in [7, 11) is 0. The van der Waals surface area contributed by atoms with Crippen molar-refractivity contribution in [3.8, 4) is 0 Å². The number of hydrogen-bond acceptors (Lipinski definition) is 4. The average molecular weight is 311 g/mol. The van der Waals surface area contributed by atoms with Gasteiger partial charge in [0.15, 0.2) is 0 Å². The van der Waals surface area contributed by atoms with E-state index in [-0.39, 0.29) is 4.90 Å². The summed E-state index contributed by atoms with van der Waals surface area (Å²) in [5.74, 6) is -3.23. The summed E-state index contributed by atoms with van der Waals surface area (Å²) in [6.07, 6.45) is 0. The van der Waals surface area contributed by atoms with Crippen LogP contribution in [0.5, 0.6) is 0 Å². The number of benzene rings is 2. The molecule has 0 aliphatic heterocycles. The highest BCUT2D eigenvalue weighted by atomic mass is 32.2. The normalized spacial score (nSPS) is 10.4. The molecule has 0 fully saturated rings. The van der Waals surface area contributed by atoms with E-state index in [1.165, 1.54) is 18.2 Å². The van der Waals surface area contributed by atoms with E-state index in [1.807, 2.05) is 0 Å². The SMILES string of the molecule is O=C(O)c1cc([N+](=O)[O-])c(Sc2cccc(F)c2)cc1F. The van der Waals surface area contributed by atoms with Crippen LogP contribution in [-0.4, -0.2) is 16.0 Å². The van der Waals surface area contributed by atoms with E-state index in [9.17, 15) is 23.7 Å². The third-order valence-electron chi connectivity index (χ3n) is 2.50. The third kappa shape index (κ3) is 3.34. The van der Waals surface area contributed by atoms with Crippen LogP contribution >= 0.6 is 11.8 Å². The molecule has 0 bridgehead atoms. The standard InChI is InChI=1S/C13H7F2NO4S/c14-7-2-1-3-8(4-7)21-12-6-10(15)9(13(17)18)5-11(12)16(19)20/h1-6H,(H,17,18). The molecule has 5 nitrogen and oxygen atoms in total. The highest BCUT2D eigenvalue weighted by Crippen LogP contribution is 2.36. The molecule has 0 aliphatic carbocycles. The summed E-state index contributed by atoms with van der Waals surface area (Å²) >= 11 is 0.777. The smallest absolute Gasteiger partial charge is 0.338 e. The summed E-state index contributed by atoms with van der Waals surface area (Å²) < 4.78 is 26.7. The zero-order valence-corrected chi connectivity index (χ0v) is 11.1. The zero-order valence-electron chi connectivity index (χ0n) is 10.2. The van der Waals surface area contributed by atoms with Crippen molar-refractivity contribution in [2.45, 2.75) is 9.79 Å². The quantitative estimate of drug-likeness (QED) is 0.687. The van der Waals surface area contributed by atoms with Gasteiger partial charge in [0.1, 0.15) is 17.2 Å². The number of aromatic carboxylic acids is 1. The van der Waals surface area contributed by atoms with Crippen molar-refractivity contribution in [3.63, 3.8) is 0 Å². The number of hydrogen-bond donors (Lipinski definition) is 1. The van der Waals surface area contributed by atoms with Crippen molar-refractivity contribution in [3.05, 3.63) is 63.7 Å². The van der Waals surface area contributed by atoms with Crippen LogP contribution in [0.4, 0.5) is 14.5 Å². The maximum absolute atomic E-state index is 13.6. The highest BCUT2D eigenvalue weighted by Gasteiger charge is 2.22. The lowest BCUT2D eigenvalue weighted by molar-refractivity contribution is -0.387. The lowest BCUT2D eigenvalue weighted by atomic mass is 10.2. The minimum absolute atomic E-state index is 0.104. The van der Waals surface area contributed by atoms with E-state index in [1.54, 1.807) is 0 Å². The fourth-order valence-electron chi connectivity index (χ4n) is 1.59. The van der Waals surface area contributed by atoms with Gasteiger partial charge >= 0.3 is 5.97 Å². The van der Waals surface area contributed by atoms with Gasteiger partial charge in [0.05, 0.1) is 9.82 Å². The zero-order chi connectivity index (χ0) is 15.6. The molecule has 0 spiro atoms. The van der Waals surface area contributed by atoms with Crippen LogP contribution in [0.3, 0.4) is 0 Å². The summed E-state index contributed by atoms with van der Waals surface area (Å²) in [6, 6.07) is 6.66. The number of nitro groups is 1. The summed E-state index contributed by atoms with van der Waals surface area (Å²) in [5.41, 5.74) is -1.34. The van der Waals surface area contributed by atoms with E-state index in [2.05, 4.69) is 0 Å². The lowest BCUT2D eigenvalue weighted by Gasteiger charge is -2.05. The second-order valence-corrected chi connectivity index (χ2v) is 5.04. The monoisotopic (exact) mass is 311 g/mol. The van der Waals surface area contributed by atoms with E-state index in [0.29, 0.717) is 11.0 Å². The third-order valence-corrected chi connectivity index (χ3v) is 3.54. The molecule has 1 N–H and O–H groups in total. The molecular weight excluding hydrogens is 304 g/mol. The van der Waals surface area contributed by atoms with Crippen LogP contribution in [0.2, 0.25) is 0 Å². The molecule has 0 atom stereocenters. The van der Waals surface area contributed by atoms with Gasteiger partial charge in [-0.15, -0.1) is 0 Å². The van der Waals surface area contributed by atoms with Gasteiger partial charge in [-0.25, -0.2) is 13.6 Å². The maximum atomic E-state index is 13.6. The second-order valence-electron chi connectivity index (χ2n) is 3.92. The van der Waals surface area contributed by atoms with Crippen molar-refractivity contribution in [2.75, 3.05) is 0 Å². The van der Waals surface area contributed by atoms with Gasteiger partial charge in [-0.1, -0.05) is 17.8 Å². The van der Waals surface area contributed by atoms with Crippen LogP contribution < -0.4 is 0 Å². The first-order chi connectivity index (χ1) is 9.88. The van der Waals surface area contributed by atoms with Crippen LogP contribution in [0.1, 0.15) is 10.4 Å². The Labute approximate surface area is 121 Å². The summed E-state index contributed by atoms with van der Waals surface area (Å²) in [6.45, 7) is 0. The first-order valence-corrected chi connectivity index (χ1v) is 6.35. The molecule has 0 aromatic heterocycles. The van der Waals surface area contributed by atoms with E-state index in [0.717, 1.165) is 23.9 Å². The molecule has 21 heavy (non-hydrogen) atoms. The predicted molar refractivity (Wildman–Crippen MR) is 70.5 cm³/mol. The Bertz CT molecular complexity index is 736. The molecule has 2 rings (SSSR count).